The monoisotopic (exact) mass is 368 g/mol. The highest BCUT2D eigenvalue weighted by Crippen LogP contribution is 2.66. The van der Waals surface area contributed by atoms with Gasteiger partial charge in [0.25, 0.3) is 0 Å². The Morgan fingerprint density at radius 3 is 2.85 bits per heavy atom. The van der Waals surface area contributed by atoms with E-state index in [9.17, 15) is 14.4 Å². The Labute approximate surface area is 158 Å². The van der Waals surface area contributed by atoms with Crippen LogP contribution in [0.4, 0.5) is 0 Å². The van der Waals surface area contributed by atoms with Crippen LogP contribution in [-0.2, 0) is 9.59 Å². The molecule has 1 spiro atoms. The van der Waals surface area contributed by atoms with Crippen LogP contribution in [0.3, 0.4) is 0 Å². The predicted molar refractivity (Wildman–Crippen MR) is 97.0 cm³/mol. The Kier molecular flexibility index (Phi) is 3.61. The summed E-state index contributed by atoms with van der Waals surface area (Å²) in [4.78, 5) is 39.1. The van der Waals surface area contributed by atoms with Crippen molar-refractivity contribution in [3.05, 3.63) is 29.8 Å². The second-order valence-electron chi connectivity index (χ2n) is 8.54. The molecule has 3 fully saturated rings. The van der Waals surface area contributed by atoms with Crippen LogP contribution in [0.5, 0.6) is 5.75 Å². The van der Waals surface area contributed by atoms with Crippen LogP contribution in [0.1, 0.15) is 42.5 Å². The molecule has 2 heterocycles. The van der Waals surface area contributed by atoms with Crippen molar-refractivity contribution in [2.24, 2.45) is 29.4 Å². The number of rotatable bonds is 2. The largest absolute Gasteiger partial charge is 0.486 e. The highest BCUT2D eigenvalue weighted by Gasteiger charge is 2.71. The van der Waals surface area contributed by atoms with E-state index in [0.29, 0.717) is 36.7 Å². The first kappa shape index (κ1) is 16.8. The Hall–Kier alpha value is -2.37. The van der Waals surface area contributed by atoms with E-state index in [4.69, 9.17) is 10.5 Å². The van der Waals surface area contributed by atoms with Crippen molar-refractivity contribution < 1.29 is 19.1 Å². The number of primary amides is 1. The molecular weight excluding hydrogens is 344 g/mol. The minimum atomic E-state index is -0.532. The summed E-state index contributed by atoms with van der Waals surface area (Å²) in [6.07, 6.45) is 3.68. The van der Waals surface area contributed by atoms with Crippen molar-refractivity contribution in [3.63, 3.8) is 0 Å². The van der Waals surface area contributed by atoms with Gasteiger partial charge in [0, 0.05) is 24.9 Å². The fraction of sp³-hybridized carbons (Fsp3) is 0.571. The number of fused-ring (bicyclic) bond motifs is 3. The van der Waals surface area contributed by atoms with Crippen LogP contribution in [0.25, 0.3) is 0 Å². The van der Waals surface area contributed by atoms with E-state index in [1.807, 2.05) is 29.2 Å². The maximum atomic E-state index is 13.1. The van der Waals surface area contributed by atoms with Gasteiger partial charge in [-0.15, -0.1) is 0 Å². The van der Waals surface area contributed by atoms with Crippen LogP contribution in [0.15, 0.2) is 24.3 Å². The quantitative estimate of drug-likeness (QED) is 0.861. The van der Waals surface area contributed by atoms with Crippen LogP contribution >= 0.6 is 0 Å². The summed E-state index contributed by atoms with van der Waals surface area (Å²) < 4.78 is 6.37. The van der Waals surface area contributed by atoms with Crippen molar-refractivity contribution in [1.29, 1.82) is 0 Å². The highest BCUT2D eigenvalue weighted by atomic mass is 16.5. The zero-order chi connectivity index (χ0) is 18.8. The number of benzene rings is 1. The maximum absolute atomic E-state index is 13.1. The number of ether oxygens (including phenoxy) is 1. The third kappa shape index (κ3) is 2.49. The average molecular weight is 368 g/mol. The molecule has 2 aliphatic carbocycles. The third-order valence-corrected chi connectivity index (χ3v) is 7.06. The zero-order valence-electron chi connectivity index (χ0n) is 15.2. The van der Waals surface area contributed by atoms with Crippen molar-refractivity contribution in [2.45, 2.75) is 37.7 Å². The van der Waals surface area contributed by atoms with Gasteiger partial charge in [-0.3, -0.25) is 14.4 Å². The molecule has 6 heteroatoms. The molecule has 5 rings (SSSR count). The fourth-order valence-corrected chi connectivity index (χ4v) is 5.72. The molecule has 2 amide bonds. The Morgan fingerprint density at radius 2 is 2.04 bits per heavy atom. The number of carbonyl (C=O) groups is 3. The predicted octanol–water partition coefficient (Wildman–Crippen LogP) is 1.77. The molecule has 2 N–H and O–H groups in total. The van der Waals surface area contributed by atoms with Crippen molar-refractivity contribution >= 4 is 17.6 Å². The number of hydrogen-bond acceptors (Lipinski definition) is 4. The summed E-state index contributed by atoms with van der Waals surface area (Å²) in [7, 11) is 0. The number of amides is 2. The first-order valence-corrected chi connectivity index (χ1v) is 9.89. The molecule has 1 saturated heterocycles. The van der Waals surface area contributed by atoms with Crippen molar-refractivity contribution in [2.75, 3.05) is 13.1 Å². The minimum Gasteiger partial charge on any atom is -0.486 e. The summed E-state index contributed by atoms with van der Waals surface area (Å²) in [5.41, 5.74) is 5.57. The number of piperidine rings is 1. The average Bonchev–Trinajstić information content (AvgIpc) is 3.32. The van der Waals surface area contributed by atoms with Gasteiger partial charge in [-0.25, -0.2) is 0 Å². The van der Waals surface area contributed by atoms with Gasteiger partial charge in [0.15, 0.2) is 5.78 Å². The lowest BCUT2D eigenvalue weighted by Crippen LogP contribution is -2.47. The van der Waals surface area contributed by atoms with Gasteiger partial charge >= 0.3 is 0 Å². The maximum Gasteiger partial charge on any atom is 0.226 e. The van der Waals surface area contributed by atoms with Gasteiger partial charge < -0.3 is 15.4 Å². The summed E-state index contributed by atoms with van der Waals surface area (Å²) in [5.74, 6) is 0.642. The standard InChI is InChI=1S/C21H24N2O4/c22-19(25)12-4-3-9-23(11-12)20(26)17-14-7-8-21(18(14)17)10-15(24)13-5-1-2-6-16(13)27-21/h1-2,5-6,12,14,17-18H,3-4,7-11H2,(H2,22,25)/t12-,14+,17-,18-,21+/m1/s1. The Bertz CT molecular complexity index is 837. The van der Waals surface area contributed by atoms with E-state index < -0.39 is 5.60 Å². The fourth-order valence-electron chi connectivity index (χ4n) is 5.72. The van der Waals surface area contributed by atoms with E-state index in [1.54, 1.807) is 0 Å². The van der Waals surface area contributed by atoms with E-state index in [0.717, 1.165) is 25.7 Å². The van der Waals surface area contributed by atoms with Crippen LogP contribution in [0, 0.1) is 23.7 Å². The number of carbonyl (C=O) groups excluding carboxylic acids is 3. The Morgan fingerprint density at radius 1 is 1.22 bits per heavy atom. The number of likely N-dealkylation sites (tertiary alicyclic amines) is 1. The van der Waals surface area contributed by atoms with Gasteiger partial charge in [-0.2, -0.15) is 0 Å². The molecule has 0 bridgehead atoms. The molecule has 6 nitrogen and oxygen atoms in total. The molecule has 0 radical (unpaired) electrons. The first-order chi connectivity index (χ1) is 13.0. The van der Waals surface area contributed by atoms with E-state index in [1.165, 1.54) is 0 Å². The molecule has 2 aliphatic heterocycles. The van der Waals surface area contributed by atoms with Gasteiger partial charge in [0.1, 0.15) is 11.4 Å². The first-order valence-electron chi connectivity index (χ1n) is 9.89. The molecule has 1 aromatic rings. The van der Waals surface area contributed by atoms with E-state index >= 15 is 0 Å². The molecule has 0 unspecified atom stereocenters. The Balaban J connectivity index is 1.35. The van der Waals surface area contributed by atoms with Gasteiger partial charge in [-0.1, -0.05) is 12.1 Å². The second kappa shape index (κ2) is 5.81. The van der Waals surface area contributed by atoms with Crippen LogP contribution < -0.4 is 10.5 Å². The van der Waals surface area contributed by atoms with Crippen molar-refractivity contribution in [3.8, 4) is 5.75 Å². The molecule has 1 aromatic carbocycles. The topological polar surface area (TPSA) is 89.7 Å². The number of nitrogens with two attached hydrogens (primary N) is 1. The van der Waals surface area contributed by atoms with Crippen molar-refractivity contribution in [1.82, 2.24) is 4.90 Å². The number of nitrogens with zero attached hydrogens (tertiary/aromatic N) is 1. The normalized spacial score (nSPS) is 36.7. The van der Waals surface area contributed by atoms with Gasteiger partial charge in [-0.05, 0) is 43.7 Å². The molecule has 5 atom stereocenters. The summed E-state index contributed by atoms with van der Waals surface area (Å²) in [5, 5.41) is 0. The van der Waals surface area contributed by atoms with Crippen LogP contribution in [0.2, 0.25) is 0 Å². The molecular formula is C21H24N2O4. The SMILES string of the molecule is NC(=O)[C@@H]1CCCN(C(=O)[C@@H]2[C@@H]3CC[C@]4(CC(=O)c5ccccc5O4)[C@H]32)C1. The summed E-state index contributed by atoms with van der Waals surface area (Å²) in [6.45, 7) is 1.12. The van der Waals surface area contributed by atoms with Gasteiger partial charge in [0.2, 0.25) is 11.8 Å². The van der Waals surface area contributed by atoms with Gasteiger partial charge in [0.05, 0.1) is 17.9 Å². The lowest BCUT2D eigenvalue weighted by molar-refractivity contribution is -0.137. The second-order valence-corrected chi connectivity index (χ2v) is 8.54. The van der Waals surface area contributed by atoms with E-state index in [-0.39, 0.29) is 35.4 Å². The lowest BCUT2D eigenvalue weighted by Gasteiger charge is -2.38. The summed E-state index contributed by atoms with van der Waals surface area (Å²) in [6, 6.07) is 7.39. The number of Topliss-reactive ketones (excluding diaryl/α,β-unsaturated/α-hetero) is 1. The zero-order valence-corrected chi connectivity index (χ0v) is 15.2. The third-order valence-electron chi connectivity index (χ3n) is 7.06. The summed E-state index contributed by atoms with van der Waals surface area (Å²) >= 11 is 0. The smallest absolute Gasteiger partial charge is 0.226 e. The minimum absolute atomic E-state index is 0.0801. The molecule has 4 aliphatic rings. The molecule has 27 heavy (non-hydrogen) atoms. The number of para-hydroxylation sites is 1. The molecule has 2 saturated carbocycles. The highest BCUT2D eigenvalue weighted by molar-refractivity contribution is 6.00. The van der Waals surface area contributed by atoms with E-state index in [2.05, 4.69) is 0 Å². The van der Waals surface area contributed by atoms with Crippen LogP contribution in [-0.4, -0.2) is 41.2 Å². The number of ketones is 1. The molecule has 142 valence electrons. The lowest BCUT2D eigenvalue weighted by atomic mass is 9.84. The number of hydrogen-bond donors (Lipinski definition) is 1. The molecule has 0 aromatic heterocycles.